The molecule has 1 aromatic heterocycles. The predicted octanol–water partition coefficient (Wildman–Crippen LogP) is 3.48. The van der Waals surface area contributed by atoms with E-state index in [-0.39, 0.29) is 5.91 Å². The van der Waals surface area contributed by atoms with Gasteiger partial charge in [0.1, 0.15) is 10.6 Å². The van der Waals surface area contributed by atoms with Gasteiger partial charge in [-0.3, -0.25) is 4.79 Å². The van der Waals surface area contributed by atoms with E-state index in [9.17, 15) is 4.79 Å². The fourth-order valence-corrected chi connectivity index (χ4v) is 2.67. The maximum absolute atomic E-state index is 12.1. The number of benzene rings is 1. The molecule has 1 heterocycles. The maximum atomic E-state index is 12.1. The first kappa shape index (κ1) is 15.5. The van der Waals surface area contributed by atoms with Gasteiger partial charge in [0.2, 0.25) is 0 Å². The highest BCUT2D eigenvalue weighted by Crippen LogP contribution is 2.18. The summed E-state index contributed by atoms with van der Waals surface area (Å²) in [6.07, 6.45) is 0.991. The summed E-state index contributed by atoms with van der Waals surface area (Å²) in [5, 5.41) is 2.94. The average Bonchev–Trinajstić information content (AvgIpc) is 2.90. The Morgan fingerprint density at radius 2 is 2.19 bits per heavy atom. The van der Waals surface area contributed by atoms with Gasteiger partial charge in [0.15, 0.2) is 0 Å². The zero-order valence-corrected chi connectivity index (χ0v) is 13.4. The van der Waals surface area contributed by atoms with Gasteiger partial charge in [-0.1, -0.05) is 13.0 Å². The molecule has 0 saturated carbocycles. The first-order chi connectivity index (χ1) is 10.1. The summed E-state index contributed by atoms with van der Waals surface area (Å²) in [6, 6.07) is 5.96. The van der Waals surface area contributed by atoms with Crippen molar-refractivity contribution in [2.75, 3.05) is 6.61 Å². The Labute approximate surface area is 129 Å². The summed E-state index contributed by atoms with van der Waals surface area (Å²) in [5.74, 6) is 0.809. The molecule has 4 nitrogen and oxygen atoms in total. The van der Waals surface area contributed by atoms with Crippen LogP contribution in [-0.2, 0) is 6.54 Å². The molecule has 0 aliphatic heterocycles. The third-order valence-electron chi connectivity index (χ3n) is 3.18. The summed E-state index contributed by atoms with van der Waals surface area (Å²) in [6.45, 7) is 7.18. The van der Waals surface area contributed by atoms with Gasteiger partial charge in [0.05, 0.1) is 17.8 Å². The molecule has 0 radical (unpaired) electrons. The second-order valence-electron chi connectivity index (χ2n) is 4.89. The van der Waals surface area contributed by atoms with Crippen molar-refractivity contribution in [1.29, 1.82) is 0 Å². The summed E-state index contributed by atoms with van der Waals surface area (Å²) < 4.78 is 5.60. The minimum absolute atomic E-state index is 0.0688. The first-order valence-corrected chi connectivity index (χ1v) is 7.90. The van der Waals surface area contributed by atoms with Crippen molar-refractivity contribution >= 4 is 17.2 Å². The Hall–Kier alpha value is -1.88. The van der Waals surface area contributed by atoms with Gasteiger partial charge < -0.3 is 10.1 Å². The van der Waals surface area contributed by atoms with Crippen LogP contribution in [-0.4, -0.2) is 17.5 Å². The van der Waals surface area contributed by atoms with Crippen molar-refractivity contribution < 1.29 is 9.53 Å². The molecule has 112 valence electrons. The van der Waals surface area contributed by atoms with E-state index in [0.717, 1.165) is 35.6 Å². The van der Waals surface area contributed by atoms with Crippen LogP contribution in [0, 0.1) is 13.8 Å². The van der Waals surface area contributed by atoms with Crippen molar-refractivity contribution in [2.45, 2.75) is 33.7 Å². The molecule has 1 aromatic carbocycles. The summed E-state index contributed by atoms with van der Waals surface area (Å²) >= 11 is 1.37. The summed E-state index contributed by atoms with van der Waals surface area (Å²) in [5.41, 5.74) is 4.67. The highest BCUT2D eigenvalue weighted by atomic mass is 32.1. The van der Waals surface area contributed by atoms with Crippen molar-refractivity contribution in [3.05, 3.63) is 45.4 Å². The lowest BCUT2D eigenvalue weighted by atomic mass is 10.1. The number of hydrogen-bond donors (Lipinski definition) is 1. The third-order valence-corrected chi connectivity index (χ3v) is 4.11. The van der Waals surface area contributed by atoms with Gasteiger partial charge in [0.25, 0.3) is 5.91 Å². The van der Waals surface area contributed by atoms with E-state index in [2.05, 4.69) is 17.2 Å². The third kappa shape index (κ3) is 4.04. The largest absolute Gasteiger partial charge is 0.494 e. The lowest BCUT2D eigenvalue weighted by Crippen LogP contribution is -2.23. The Balaban J connectivity index is 1.97. The number of ether oxygens (including phenoxy) is 1. The van der Waals surface area contributed by atoms with Gasteiger partial charge in [-0.15, -0.1) is 11.3 Å². The van der Waals surface area contributed by atoms with Crippen LogP contribution >= 0.6 is 11.3 Å². The van der Waals surface area contributed by atoms with E-state index < -0.39 is 0 Å². The fraction of sp³-hybridized carbons (Fsp3) is 0.375. The molecule has 0 fully saturated rings. The fourth-order valence-electron chi connectivity index (χ4n) is 1.95. The van der Waals surface area contributed by atoms with Crippen molar-refractivity contribution in [1.82, 2.24) is 10.3 Å². The molecule has 2 aromatic rings. The topological polar surface area (TPSA) is 51.2 Å². The normalized spacial score (nSPS) is 10.4. The number of nitrogens with zero attached hydrogens (tertiary/aromatic N) is 1. The van der Waals surface area contributed by atoms with Gasteiger partial charge in [0, 0.05) is 6.54 Å². The molecule has 0 aliphatic carbocycles. The Bertz CT molecular complexity index is 622. The van der Waals surface area contributed by atoms with Crippen molar-refractivity contribution in [3.63, 3.8) is 0 Å². The zero-order valence-electron chi connectivity index (χ0n) is 12.6. The SMILES string of the molecule is CCCOc1ccc(CNC(=O)c2scnc2C)c(C)c1. The molecule has 2 rings (SSSR count). The van der Waals surface area contributed by atoms with Crippen LogP contribution in [0.25, 0.3) is 0 Å². The van der Waals surface area contributed by atoms with Gasteiger partial charge >= 0.3 is 0 Å². The predicted molar refractivity (Wildman–Crippen MR) is 85.0 cm³/mol. The molecule has 0 saturated heterocycles. The average molecular weight is 304 g/mol. The number of nitrogens with one attached hydrogen (secondary N) is 1. The summed E-state index contributed by atoms with van der Waals surface area (Å²) in [7, 11) is 0. The number of aryl methyl sites for hydroxylation is 2. The number of rotatable bonds is 6. The van der Waals surface area contributed by atoms with Crippen LogP contribution in [0.2, 0.25) is 0 Å². The van der Waals surface area contributed by atoms with Gasteiger partial charge in [-0.05, 0) is 43.5 Å². The maximum Gasteiger partial charge on any atom is 0.263 e. The molecule has 0 aliphatic rings. The Morgan fingerprint density at radius 3 is 2.81 bits per heavy atom. The van der Waals surface area contributed by atoms with Crippen LogP contribution in [0.15, 0.2) is 23.7 Å². The molecule has 1 amide bonds. The molecule has 1 N–H and O–H groups in total. The van der Waals surface area contributed by atoms with Crippen LogP contribution in [0.3, 0.4) is 0 Å². The number of carbonyl (C=O) groups excluding carboxylic acids is 1. The molecule has 0 bridgehead atoms. The molecular formula is C16H20N2O2S. The van der Waals surface area contributed by atoms with Gasteiger partial charge in [-0.25, -0.2) is 4.98 Å². The van der Waals surface area contributed by atoms with E-state index in [0.29, 0.717) is 11.4 Å². The second-order valence-corrected chi connectivity index (χ2v) is 5.74. The van der Waals surface area contributed by atoms with E-state index in [1.165, 1.54) is 11.3 Å². The Kier molecular flexibility index (Phi) is 5.33. The zero-order chi connectivity index (χ0) is 15.2. The monoisotopic (exact) mass is 304 g/mol. The number of amides is 1. The smallest absolute Gasteiger partial charge is 0.263 e. The lowest BCUT2D eigenvalue weighted by molar-refractivity contribution is 0.0954. The number of aromatic nitrogens is 1. The van der Waals surface area contributed by atoms with Crippen LogP contribution < -0.4 is 10.1 Å². The molecule has 0 atom stereocenters. The number of carbonyl (C=O) groups is 1. The summed E-state index contributed by atoms with van der Waals surface area (Å²) in [4.78, 5) is 16.8. The van der Waals surface area contributed by atoms with Crippen LogP contribution in [0.4, 0.5) is 0 Å². The van der Waals surface area contributed by atoms with Crippen molar-refractivity contribution in [2.24, 2.45) is 0 Å². The number of thiazole rings is 1. The van der Waals surface area contributed by atoms with E-state index in [1.54, 1.807) is 5.51 Å². The minimum atomic E-state index is -0.0688. The number of hydrogen-bond acceptors (Lipinski definition) is 4. The minimum Gasteiger partial charge on any atom is -0.494 e. The molecule has 21 heavy (non-hydrogen) atoms. The van der Waals surface area contributed by atoms with E-state index >= 15 is 0 Å². The van der Waals surface area contributed by atoms with Gasteiger partial charge in [-0.2, -0.15) is 0 Å². The first-order valence-electron chi connectivity index (χ1n) is 7.02. The van der Waals surface area contributed by atoms with E-state index in [4.69, 9.17) is 4.74 Å². The highest BCUT2D eigenvalue weighted by Gasteiger charge is 2.11. The molecule has 0 spiro atoms. The van der Waals surface area contributed by atoms with Crippen LogP contribution in [0.1, 0.15) is 39.8 Å². The highest BCUT2D eigenvalue weighted by molar-refractivity contribution is 7.11. The second kappa shape index (κ2) is 7.22. The molecule has 5 heteroatoms. The van der Waals surface area contributed by atoms with E-state index in [1.807, 2.05) is 32.0 Å². The standard InChI is InChI=1S/C16H20N2O2S/c1-4-7-20-14-6-5-13(11(2)8-14)9-17-16(19)15-12(3)18-10-21-15/h5-6,8,10H,4,7,9H2,1-3H3,(H,17,19). The quantitative estimate of drug-likeness (QED) is 0.889. The Morgan fingerprint density at radius 1 is 1.38 bits per heavy atom. The lowest BCUT2D eigenvalue weighted by Gasteiger charge is -2.10. The molecular weight excluding hydrogens is 284 g/mol. The van der Waals surface area contributed by atoms with Crippen molar-refractivity contribution in [3.8, 4) is 5.75 Å². The van der Waals surface area contributed by atoms with Crippen LogP contribution in [0.5, 0.6) is 5.75 Å². The molecule has 0 unspecified atom stereocenters.